The van der Waals surface area contributed by atoms with Gasteiger partial charge in [-0.3, -0.25) is 4.79 Å². The van der Waals surface area contributed by atoms with Crippen molar-refractivity contribution in [1.82, 2.24) is 5.32 Å². The van der Waals surface area contributed by atoms with E-state index in [0.29, 0.717) is 18.7 Å². The van der Waals surface area contributed by atoms with Crippen LogP contribution in [0, 0.1) is 5.82 Å². The lowest BCUT2D eigenvalue weighted by molar-refractivity contribution is -0.120. The van der Waals surface area contributed by atoms with Gasteiger partial charge in [-0.2, -0.15) is 0 Å². The molecule has 0 radical (unpaired) electrons. The smallest absolute Gasteiger partial charge is 0.224 e. The summed E-state index contributed by atoms with van der Waals surface area (Å²) in [6.07, 6.45) is 0.164. The molecule has 2 aromatic carbocycles. The first kappa shape index (κ1) is 18.0. The molecule has 2 aromatic rings. The summed E-state index contributed by atoms with van der Waals surface area (Å²) in [5.41, 5.74) is 1.93. The molecule has 128 valence electrons. The summed E-state index contributed by atoms with van der Waals surface area (Å²) in [6, 6.07) is 14.0. The Morgan fingerprint density at radius 1 is 1.12 bits per heavy atom. The Kier molecular flexibility index (Phi) is 5.96. The van der Waals surface area contributed by atoms with Gasteiger partial charge in [0.25, 0.3) is 0 Å². The maximum absolute atomic E-state index is 13.1. The summed E-state index contributed by atoms with van der Waals surface area (Å²) >= 11 is 0. The molecular formula is C20H24FNO2. The Labute approximate surface area is 142 Å². The van der Waals surface area contributed by atoms with Gasteiger partial charge in [0.2, 0.25) is 5.91 Å². The summed E-state index contributed by atoms with van der Waals surface area (Å²) in [7, 11) is 0. The number of amides is 1. The highest BCUT2D eigenvalue weighted by Crippen LogP contribution is 2.25. The third-order valence-electron chi connectivity index (χ3n) is 3.65. The van der Waals surface area contributed by atoms with Crippen molar-refractivity contribution in [3.8, 4) is 5.75 Å². The Morgan fingerprint density at radius 2 is 1.88 bits per heavy atom. The third kappa shape index (κ3) is 5.69. The molecule has 0 heterocycles. The fraction of sp³-hybridized carbons (Fsp3) is 0.350. The van der Waals surface area contributed by atoms with Crippen molar-refractivity contribution in [3.05, 3.63) is 65.5 Å². The maximum Gasteiger partial charge on any atom is 0.224 e. The molecule has 0 spiro atoms. The summed E-state index contributed by atoms with van der Waals surface area (Å²) < 4.78 is 18.8. The summed E-state index contributed by atoms with van der Waals surface area (Å²) in [4.78, 5) is 11.8. The van der Waals surface area contributed by atoms with Gasteiger partial charge in [-0.1, -0.05) is 45.0 Å². The minimum atomic E-state index is -0.331. The van der Waals surface area contributed by atoms with Crippen LogP contribution in [0.3, 0.4) is 0 Å². The van der Waals surface area contributed by atoms with Crippen molar-refractivity contribution in [1.29, 1.82) is 0 Å². The largest absolute Gasteiger partial charge is 0.492 e. The SMILES string of the molecule is CC(C)(C)c1cccc(OCCNC(=O)Cc2cccc(F)c2)c1. The van der Waals surface area contributed by atoms with E-state index in [1.807, 2.05) is 18.2 Å². The van der Waals surface area contributed by atoms with Crippen molar-refractivity contribution in [2.24, 2.45) is 0 Å². The number of ether oxygens (including phenoxy) is 1. The fourth-order valence-electron chi connectivity index (χ4n) is 2.31. The number of halogens is 1. The first-order valence-electron chi connectivity index (χ1n) is 8.09. The molecule has 0 saturated heterocycles. The number of carbonyl (C=O) groups excluding carboxylic acids is 1. The molecule has 24 heavy (non-hydrogen) atoms. The first-order valence-corrected chi connectivity index (χ1v) is 8.09. The van der Waals surface area contributed by atoms with E-state index in [4.69, 9.17) is 4.74 Å². The third-order valence-corrected chi connectivity index (χ3v) is 3.65. The van der Waals surface area contributed by atoms with E-state index in [0.717, 1.165) is 5.75 Å². The number of hydrogen-bond acceptors (Lipinski definition) is 2. The molecule has 0 aliphatic carbocycles. The van der Waals surface area contributed by atoms with Crippen molar-refractivity contribution in [2.45, 2.75) is 32.6 Å². The standard InChI is InChI=1S/C20H24FNO2/c1-20(2,3)16-7-5-9-18(14-16)24-11-10-22-19(23)13-15-6-4-8-17(21)12-15/h4-9,12,14H,10-11,13H2,1-3H3,(H,22,23). The predicted molar refractivity (Wildman–Crippen MR) is 93.8 cm³/mol. The topological polar surface area (TPSA) is 38.3 Å². The number of benzene rings is 2. The Morgan fingerprint density at radius 3 is 2.58 bits per heavy atom. The quantitative estimate of drug-likeness (QED) is 0.817. The average molecular weight is 329 g/mol. The van der Waals surface area contributed by atoms with Crippen LogP contribution in [0.1, 0.15) is 31.9 Å². The van der Waals surface area contributed by atoms with Crippen molar-refractivity contribution in [2.75, 3.05) is 13.2 Å². The molecule has 0 atom stereocenters. The van der Waals surface area contributed by atoms with E-state index < -0.39 is 0 Å². The van der Waals surface area contributed by atoms with Crippen LogP contribution in [0.4, 0.5) is 4.39 Å². The van der Waals surface area contributed by atoms with Gasteiger partial charge in [-0.15, -0.1) is 0 Å². The van der Waals surface area contributed by atoms with Crippen LogP contribution in [0.2, 0.25) is 0 Å². The second-order valence-electron chi connectivity index (χ2n) is 6.78. The minimum absolute atomic E-state index is 0.0680. The van der Waals surface area contributed by atoms with Crippen LogP contribution < -0.4 is 10.1 Å². The molecule has 0 aliphatic rings. The number of rotatable bonds is 6. The maximum atomic E-state index is 13.1. The van der Waals surface area contributed by atoms with E-state index in [1.165, 1.54) is 17.7 Å². The second-order valence-corrected chi connectivity index (χ2v) is 6.78. The lowest BCUT2D eigenvalue weighted by atomic mass is 9.87. The van der Waals surface area contributed by atoms with Gasteiger partial charge >= 0.3 is 0 Å². The molecule has 1 amide bonds. The van der Waals surface area contributed by atoms with Gasteiger partial charge in [0, 0.05) is 0 Å². The zero-order chi connectivity index (χ0) is 17.6. The zero-order valence-corrected chi connectivity index (χ0v) is 14.4. The van der Waals surface area contributed by atoms with E-state index >= 15 is 0 Å². The average Bonchev–Trinajstić information content (AvgIpc) is 2.51. The highest BCUT2D eigenvalue weighted by molar-refractivity contribution is 5.78. The van der Waals surface area contributed by atoms with Crippen LogP contribution in [0.15, 0.2) is 48.5 Å². The summed E-state index contributed by atoms with van der Waals surface area (Å²) in [5.74, 6) is 0.316. The van der Waals surface area contributed by atoms with Crippen LogP contribution in [0.25, 0.3) is 0 Å². The molecule has 3 nitrogen and oxygen atoms in total. The van der Waals surface area contributed by atoms with E-state index in [1.54, 1.807) is 12.1 Å². The molecule has 0 bridgehead atoms. The monoisotopic (exact) mass is 329 g/mol. The van der Waals surface area contributed by atoms with Gasteiger partial charge in [-0.05, 0) is 40.8 Å². The zero-order valence-electron chi connectivity index (χ0n) is 14.4. The second kappa shape index (κ2) is 7.95. The molecular weight excluding hydrogens is 305 g/mol. The minimum Gasteiger partial charge on any atom is -0.492 e. The highest BCUT2D eigenvalue weighted by atomic mass is 19.1. The molecule has 2 rings (SSSR count). The molecule has 0 aliphatic heterocycles. The van der Waals surface area contributed by atoms with Crippen LogP contribution in [0.5, 0.6) is 5.75 Å². The van der Waals surface area contributed by atoms with Crippen LogP contribution in [-0.2, 0) is 16.6 Å². The van der Waals surface area contributed by atoms with Crippen LogP contribution >= 0.6 is 0 Å². The van der Waals surface area contributed by atoms with Gasteiger partial charge in [0.15, 0.2) is 0 Å². The Hall–Kier alpha value is -2.36. The highest BCUT2D eigenvalue weighted by Gasteiger charge is 2.13. The number of carbonyl (C=O) groups is 1. The number of hydrogen-bond donors (Lipinski definition) is 1. The molecule has 0 aromatic heterocycles. The molecule has 0 unspecified atom stereocenters. The van der Waals surface area contributed by atoms with E-state index in [-0.39, 0.29) is 23.6 Å². The van der Waals surface area contributed by atoms with Gasteiger partial charge in [0.1, 0.15) is 18.2 Å². The number of nitrogens with one attached hydrogen (secondary N) is 1. The Balaban J connectivity index is 1.76. The molecule has 0 saturated carbocycles. The fourth-order valence-corrected chi connectivity index (χ4v) is 2.31. The first-order chi connectivity index (χ1) is 11.3. The van der Waals surface area contributed by atoms with Crippen molar-refractivity contribution < 1.29 is 13.9 Å². The van der Waals surface area contributed by atoms with Crippen molar-refractivity contribution >= 4 is 5.91 Å². The van der Waals surface area contributed by atoms with Gasteiger partial charge in [-0.25, -0.2) is 4.39 Å². The van der Waals surface area contributed by atoms with E-state index in [9.17, 15) is 9.18 Å². The molecule has 1 N–H and O–H groups in total. The summed E-state index contributed by atoms with van der Waals surface area (Å²) in [6.45, 7) is 7.26. The van der Waals surface area contributed by atoms with Crippen molar-refractivity contribution in [3.63, 3.8) is 0 Å². The lowest BCUT2D eigenvalue weighted by Crippen LogP contribution is -2.29. The molecule has 4 heteroatoms. The van der Waals surface area contributed by atoms with Gasteiger partial charge in [0.05, 0.1) is 13.0 Å². The normalized spacial score (nSPS) is 11.2. The Bertz CT molecular complexity index is 692. The summed E-state index contributed by atoms with van der Waals surface area (Å²) in [5, 5.41) is 2.78. The lowest BCUT2D eigenvalue weighted by Gasteiger charge is -2.19. The van der Waals surface area contributed by atoms with Gasteiger partial charge < -0.3 is 10.1 Å². The van der Waals surface area contributed by atoms with E-state index in [2.05, 4.69) is 32.2 Å². The predicted octanol–water partition coefficient (Wildman–Crippen LogP) is 3.86. The van der Waals surface area contributed by atoms with Crippen LogP contribution in [-0.4, -0.2) is 19.1 Å². The molecule has 0 fully saturated rings.